The van der Waals surface area contributed by atoms with Crippen LogP contribution in [0, 0.1) is 10.1 Å². The molecule has 1 heterocycles. The number of nitrogens with zero attached hydrogens (tertiary/aromatic N) is 4. The zero-order chi connectivity index (χ0) is 25.6. The van der Waals surface area contributed by atoms with E-state index in [1.54, 1.807) is 18.5 Å². The first-order valence-electron chi connectivity index (χ1n) is 10.6. The molecule has 1 aromatic heterocycles. The van der Waals surface area contributed by atoms with Crippen LogP contribution in [0.3, 0.4) is 0 Å². The Hall–Kier alpha value is -3.35. The maximum atomic E-state index is 13.3. The molecule has 0 saturated carbocycles. The minimum Gasteiger partial charge on any atom is -0.395 e. The van der Waals surface area contributed by atoms with Gasteiger partial charge in [-0.2, -0.15) is 13.2 Å². The van der Waals surface area contributed by atoms with Gasteiger partial charge in [-0.15, -0.1) is 11.3 Å². The van der Waals surface area contributed by atoms with Gasteiger partial charge in [0.15, 0.2) is 5.13 Å². The number of hydrogen-bond donors (Lipinski definition) is 1. The largest absolute Gasteiger partial charge is 0.416 e. The Morgan fingerprint density at radius 3 is 2.60 bits per heavy atom. The van der Waals surface area contributed by atoms with E-state index in [0.29, 0.717) is 30.8 Å². The third-order valence-electron chi connectivity index (χ3n) is 5.13. The van der Waals surface area contributed by atoms with Gasteiger partial charge in [0.25, 0.3) is 5.69 Å². The summed E-state index contributed by atoms with van der Waals surface area (Å²) in [4.78, 5) is 31.2. The second-order valence-corrected chi connectivity index (χ2v) is 8.57. The predicted molar refractivity (Wildman–Crippen MR) is 127 cm³/mol. The van der Waals surface area contributed by atoms with Crippen molar-refractivity contribution in [3.63, 3.8) is 0 Å². The highest BCUT2D eigenvalue weighted by Gasteiger charge is 2.32. The Morgan fingerprint density at radius 2 is 1.91 bits per heavy atom. The van der Waals surface area contributed by atoms with Crippen LogP contribution in [0.5, 0.6) is 0 Å². The SMILES string of the molecule is CN(CCO)CCCC(=O)N(c1cccc(C(F)(F)F)c1)c1nc(-c2cccc([N+](=O)[O-])c2)cs1. The predicted octanol–water partition coefficient (Wildman–Crippen LogP) is 5.11. The summed E-state index contributed by atoms with van der Waals surface area (Å²) in [7, 11) is 1.79. The number of thiazole rings is 1. The zero-order valence-electron chi connectivity index (χ0n) is 18.7. The van der Waals surface area contributed by atoms with Crippen molar-refractivity contribution in [1.29, 1.82) is 0 Å². The number of rotatable bonds is 10. The number of nitro groups is 1. The third-order valence-corrected chi connectivity index (χ3v) is 5.96. The van der Waals surface area contributed by atoms with E-state index in [2.05, 4.69) is 4.98 Å². The van der Waals surface area contributed by atoms with Crippen molar-refractivity contribution in [2.24, 2.45) is 0 Å². The molecule has 0 unspecified atom stereocenters. The quantitative estimate of drug-likeness (QED) is 0.302. The maximum absolute atomic E-state index is 13.3. The molecule has 0 fully saturated rings. The first kappa shape index (κ1) is 26.3. The highest BCUT2D eigenvalue weighted by Crippen LogP contribution is 2.37. The van der Waals surface area contributed by atoms with E-state index in [1.165, 1.54) is 30.3 Å². The summed E-state index contributed by atoms with van der Waals surface area (Å²) in [5.41, 5.74) is -0.195. The average molecular weight is 509 g/mol. The van der Waals surface area contributed by atoms with Gasteiger partial charge in [0, 0.05) is 36.0 Å². The van der Waals surface area contributed by atoms with Crippen LogP contribution in [0.15, 0.2) is 53.9 Å². The molecule has 8 nitrogen and oxygen atoms in total. The van der Waals surface area contributed by atoms with E-state index < -0.39 is 22.6 Å². The molecule has 0 spiro atoms. The number of hydrogen-bond acceptors (Lipinski definition) is 7. The van der Waals surface area contributed by atoms with Crippen LogP contribution in [0.25, 0.3) is 11.3 Å². The molecule has 12 heteroatoms. The monoisotopic (exact) mass is 508 g/mol. The molecule has 0 aliphatic rings. The van der Waals surface area contributed by atoms with E-state index in [0.717, 1.165) is 28.4 Å². The summed E-state index contributed by atoms with van der Waals surface area (Å²) in [5.74, 6) is -0.443. The fourth-order valence-electron chi connectivity index (χ4n) is 3.36. The van der Waals surface area contributed by atoms with Crippen LogP contribution in [0.4, 0.5) is 29.7 Å². The summed E-state index contributed by atoms with van der Waals surface area (Å²) in [6.45, 7) is 0.921. The van der Waals surface area contributed by atoms with E-state index >= 15 is 0 Å². The maximum Gasteiger partial charge on any atom is 0.416 e. The lowest BCUT2D eigenvalue weighted by atomic mass is 10.1. The van der Waals surface area contributed by atoms with Gasteiger partial charge in [-0.25, -0.2) is 4.98 Å². The van der Waals surface area contributed by atoms with Gasteiger partial charge in [-0.1, -0.05) is 18.2 Å². The summed E-state index contributed by atoms with van der Waals surface area (Å²) in [5, 5.41) is 21.9. The van der Waals surface area contributed by atoms with Crippen LogP contribution < -0.4 is 4.90 Å². The Morgan fingerprint density at radius 1 is 1.17 bits per heavy atom. The molecular weight excluding hydrogens is 485 g/mol. The number of aromatic nitrogens is 1. The van der Waals surface area contributed by atoms with Gasteiger partial charge < -0.3 is 10.0 Å². The van der Waals surface area contributed by atoms with Gasteiger partial charge in [-0.05, 0) is 38.2 Å². The Bertz CT molecular complexity index is 1190. The van der Waals surface area contributed by atoms with E-state index in [-0.39, 0.29) is 29.5 Å². The van der Waals surface area contributed by atoms with Crippen LogP contribution in [0.2, 0.25) is 0 Å². The second-order valence-electron chi connectivity index (χ2n) is 7.73. The molecule has 1 N–H and O–H groups in total. The molecule has 35 heavy (non-hydrogen) atoms. The molecule has 3 rings (SSSR count). The van der Waals surface area contributed by atoms with Crippen molar-refractivity contribution in [3.8, 4) is 11.3 Å². The lowest BCUT2D eigenvalue weighted by Crippen LogP contribution is -2.28. The number of aliphatic hydroxyl groups is 1. The molecule has 3 aromatic rings. The van der Waals surface area contributed by atoms with Gasteiger partial charge >= 0.3 is 6.18 Å². The third kappa shape index (κ3) is 6.84. The molecule has 0 radical (unpaired) electrons. The van der Waals surface area contributed by atoms with Crippen molar-refractivity contribution in [3.05, 3.63) is 69.6 Å². The average Bonchev–Trinajstić information content (AvgIpc) is 3.29. The topological polar surface area (TPSA) is 99.8 Å². The Labute approximate surface area is 203 Å². The van der Waals surface area contributed by atoms with Crippen molar-refractivity contribution < 1.29 is 28.0 Å². The first-order valence-corrected chi connectivity index (χ1v) is 11.5. The number of benzene rings is 2. The van der Waals surface area contributed by atoms with Crippen LogP contribution in [-0.4, -0.2) is 52.6 Å². The number of non-ortho nitro benzene ring substituents is 1. The van der Waals surface area contributed by atoms with E-state index in [9.17, 15) is 28.1 Å². The van der Waals surface area contributed by atoms with Crippen molar-refractivity contribution in [1.82, 2.24) is 9.88 Å². The zero-order valence-corrected chi connectivity index (χ0v) is 19.6. The molecule has 2 aromatic carbocycles. The van der Waals surface area contributed by atoms with Gasteiger partial charge in [-0.3, -0.25) is 19.8 Å². The number of aliphatic hydroxyl groups excluding tert-OH is 1. The molecule has 0 aliphatic carbocycles. The second kappa shape index (κ2) is 11.4. The summed E-state index contributed by atoms with van der Waals surface area (Å²) in [6, 6.07) is 10.2. The summed E-state index contributed by atoms with van der Waals surface area (Å²) >= 11 is 1.05. The number of amides is 1. The molecule has 186 valence electrons. The molecule has 0 aliphatic heterocycles. The lowest BCUT2D eigenvalue weighted by Gasteiger charge is -2.22. The van der Waals surface area contributed by atoms with Crippen molar-refractivity contribution in [2.75, 3.05) is 31.6 Å². The van der Waals surface area contributed by atoms with Crippen molar-refractivity contribution >= 4 is 33.8 Å². The fourth-order valence-corrected chi connectivity index (χ4v) is 4.22. The standard InChI is InChI=1S/C23H23F3N4O4S/c1-28(11-12-31)10-4-9-21(32)29(18-7-3-6-17(14-18)23(24,25)26)22-27-20(15-35-22)16-5-2-8-19(13-16)30(33)34/h2-3,5-8,13-15,31H,4,9-12H2,1H3. The molecule has 0 atom stereocenters. The summed E-state index contributed by atoms with van der Waals surface area (Å²) < 4.78 is 40.0. The van der Waals surface area contributed by atoms with Crippen molar-refractivity contribution in [2.45, 2.75) is 19.0 Å². The summed E-state index contributed by atoms with van der Waals surface area (Å²) in [6.07, 6.45) is -4.12. The number of carbonyl (C=O) groups excluding carboxylic acids is 1. The highest BCUT2D eigenvalue weighted by atomic mass is 32.1. The molecule has 0 saturated heterocycles. The number of anilines is 2. The lowest BCUT2D eigenvalue weighted by molar-refractivity contribution is -0.384. The Balaban J connectivity index is 1.94. The van der Waals surface area contributed by atoms with Gasteiger partial charge in [0.2, 0.25) is 5.91 Å². The van der Waals surface area contributed by atoms with Gasteiger partial charge in [0.05, 0.1) is 28.5 Å². The molecule has 0 bridgehead atoms. The number of carbonyl (C=O) groups is 1. The highest BCUT2D eigenvalue weighted by molar-refractivity contribution is 7.14. The number of likely N-dealkylation sites (N-methyl/N-ethyl adjacent to an activating group) is 1. The van der Waals surface area contributed by atoms with Crippen LogP contribution in [0.1, 0.15) is 18.4 Å². The van der Waals surface area contributed by atoms with E-state index in [4.69, 9.17) is 5.11 Å². The minimum atomic E-state index is -4.59. The molecule has 1 amide bonds. The number of nitro benzene ring substituents is 1. The molecular formula is C23H23F3N4O4S. The minimum absolute atomic E-state index is 0.0217. The Kier molecular flexibility index (Phi) is 8.54. The number of alkyl halides is 3. The smallest absolute Gasteiger partial charge is 0.395 e. The van der Waals surface area contributed by atoms with Crippen LogP contribution in [-0.2, 0) is 11.0 Å². The normalized spacial score (nSPS) is 11.6. The van der Waals surface area contributed by atoms with E-state index in [1.807, 2.05) is 4.90 Å². The van der Waals surface area contributed by atoms with Gasteiger partial charge in [0.1, 0.15) is 0 Å². The number of halogens is 3. The fraction of sp³-hybridized carbons (Fsp3) is 0.304. The first-order chi connectivity index (χ1) is 16.6. The van der Waals surface area contributed by atoms with Crippen LogP contribution >= 0.6 is 11.3 Å².